The van der Waals surface area contributed by atoms with Crippen molar-refractivity contribution in [1.82, 2.24) is 10.2 Å². The van der Waals surface area contributed by atoms with Gasteiger partial charge in [-0.3, -0.25) is 19.3 Å². The average molecular weight is 347 g/mol. The van der Waals surface area contributed by atoms with Crippen LogP contribution in [0.1, 0.15) is 25.8 Å². The zero-order chi connectivity index (χ0) is 18.6. The molecule has 4 amide bonds. The summed E-state index contributed by atoms with van der Waals surface area (Å²) in [5.74, 6) is -1.53. The number of nitrogens with zero attached hydrogens (tertiary/aromatic N) is 1. The van der Waals surface area contributed by atoms with Gasteiger partial charge in [0.1, 0.15) is 5.54 Å². The molecule has 1 aliphatic rings. The molecule has 1 saturated heterocycles. The molecule has 1 fully saturated rings. The van der Waals surface area contributed by atoms with Crippen LogP contribution in [0.2, 0.25) is 0 Å². The van der Waals surface area contributed by atoms with Crippen LogP contribution in [0.5, 0.6) is 0 Å². The smallest absolute Gasteiger partial charge is 0.325 e. The van der Waals surface area contributed by atoms with Crippen molar-refractivity contribution < 1.29 is 23.9 Å². The Balaban J connectivity index is 1.75. The maximum atomic E-state index is 12.0. The van der Waals surface area contributed by atoms with Crippen LogP contribution in [0.3, 0.4) is 0 Å². The minimum Gasteiger partial charge on any atom is -0.456 e. The number of nitrogens with one attached hydrogen (secondary N) is 2. The van der Waals surface area contributed by atoms with Crippen molar-refractivity contribution in [2.24, 2.45) is 0 Å². The Morgan fingerprint density at radius 1 is 1.28 bits per heavy atom. The normalized spacial score (nSPS) is 15.7. The van der Waals surface area contributed by atoms with Gasteiger partial charge in [-0.2, -0.15) is 0 Å². The molecule has 0 aromatic heterocycles. The maximum Gasteiger partial charge on any atom is 0.325 e. The van der Waals surface area contributed by atoms with Gasteiger partial charge in [0.2, 0.25) is 0 Å². The van der Waals surface area contributed by atoms with E-state index in [1.807, 2.05) is 13.0 Å². The van der Waals surface area contributed by atoms with E-state index in [1.165, 1.54) is 0 Å². The van der Waals surface area contributed by atoms with E-state index in [2.05, 4.69) is 10.6 Å². The van der Waals surface area contributed by atoms with Gasteiger partial charge in [-0.05, 0) is 38.5 Å². The molecule has 2 rings (SSSR count). The molecule has 25 heavy (non-hydrogen) atoms. The van der Waals surface area contributed by atoms with Crippen molar-refractivity contribution in [1.29, 1.82) is 0 Å². The topological polar surface area (TPSA) is 105 Å². The highest BCUT2D eigenvalue weighted by atomic mass is 16.5. The number of esters is 1. The summed E-state index contributed by atoms with van der Waals surface area (Å²) < 4.78 is 4.87. The van der Waals surface area contributed by atoms with Crippen molar-refractivity contribution in [2.75, 3.05) is 18.5 Å². The number of hydrogen-bond acceptors (Lipinski definition) is 5. The van der Waals surface area contributed by atoms with E-state index >= 15 is 0 Å². The molecule has 8 heteroatoms. The summed E-state index contributed by atoms with van der Waals surface area (Å²) in [5.41, 5.74) is 0.628. The summed E-state index contributed by atoms with van der Waals surface area (Å²) in [7, 11) is 0. The molecule has 2 N–H and O–H groups in total. The van der Waals surface area contributed by atoms with Gasteiger partial charge in [0.15, 0.2) is 6.61 Å². The van der Waals surface area contributed by atoms with Crippen molar-refractivity contribution in [2.45, 2.75) is 32.7 Å². The van der Waals surface area contributed by atoms with Crippen LogP contribution in [0.25, 0.3) is 0 Å². The Labute approximate surface area is 145 Å². The number of hydrogen-bond donors (Lipinski definition) is 2. The minimum atomic E-state index is -0.977. The average Bonchev–Trinajstić information content (AvgIpc) is 2.71. The summed E-state index contributed by atoms with van der Waals surface area (Å²) in [6, 6.07) is 6.68. The summed E-state index contributed by atoms with van der Waals surface area (Å²) >= 11 is 0. The molecule has 8 nitrogen and oxygen atoms in total. The highest BCUT2D eigenvalue weighted by molar-refractivity contribution is 6.06. The highest BCUT2D eigenvalue weighted by Gasteiger charge is 2.44. The number of urea groups is 1. The van der Waals surface area contributed by atoms with E-state index in [1.54, 1.807) is 32.0 Å². The first-order valence-electron chi connectivity index (χ1n) is 7.85. The van der Waals surface area contributed by atoms with Gasteiger partial charge in [0, 0.05) is 12.2 Å². The number of amides is 4. The third-order valence-corrected chi connectivity index (χ3v) is 3.65. The largest absolute Gasteiger partial charge is 0.456 e. The predicted molar refractivity (Wildman–Crippen MR) is 89.7 cm³/mol. The molecule has 0 saturated carbocycles. The van der Waals surface area contributed by atoms with Crippen LogP contribution in [0.15, 0.2) is 24.3 Å². The minimum absolute atomic E-state index is 0.0908. The molecule has 0 spiro atoms. The zero-order valence-corrected chi connectivity index (χ0v) is 14.4. The summed E-state index contributed by atoms with van der Waals surface area (Å²) in [5, 5.41) is 5.14. The highest BCUT2D eigenvalue weighted by Crippen LogP contribution is 2.16. The number of carbonyl (C=O) groups is 4. The van der Waals surface area contributed by atoms with Gasteiger partial charge in [-0.1, -0.05) is 12.1 Å². The Kier molecular flexibility index (Phi) is 5.41. The summed E-state index contributed by atoms with van der Waals surface area (Å²) in [6.07, 6.45) is -0.174. The lowest BCUT2D eigenvalue weighted by molar-refractivity contribution is -0.147. The quantitative estimate of drug-likeness (QED) is 0.594. The lowest BCUT2D eigenvalue weighted by Crippen LogP contribution is -2.40. The molecular formula is C17H21N3O5. The summed E-state index contributed by atoms with van der Waals surface area (Å²) in [4.78, 5) is 48.1. The van der Waals surface area contributed by atoms with E-state index in [0.717, 1.165) is 10.5 Å². The van der Waals surface area contributed by atoms with Crippen LogP contribution in [0, 0.1) is 6.92 Å². The van der Waals surface area contributed by atoms with Crippen molar-refractivity contribution >= 4 is 29.5 Å². The monoisotopic (exact) mass is 347 g/mol. The predicted octanol–water partition coefficient (Wildman–Crippen LogP) is 1.20. The van der Waals surface area contributed by atoms with Crippen LogP contribution >= 0.6 is 0 Å². The van der Waals surface area contributed by atoms with E-state index in [0.29, 0.717) is 5.69 Å². The molecule has 1 heterocycles. The van der Waals surface area contributed by atoms with Gasteiger partial charge < -0.3 is 15.4 Å². The second kappa shape index (κ2) is 7.33. The van der Waals surface area contributed by atoms with Crippen molar-refractivity contribution in [3.8, 4) is 0 Å². The first-order valence-corrected chi connectivity index (χ1v) is 7.85. The fraction of sp³-hybridized carbons (Fsp3) is 0.412. The second-order valence-corrected chi connectivity index (χ2v) is 6.34. The third-order valence-electron chi connectivity index (χ3n) is 3.65. The molecule has 1 aliphatic heterocycles. The Hall–Kier alpha value is -2.90. The van der Waals surface area contributed by atoms with Gasteiger partial charge >= 0.3 is 12.0 Å². The molecule has 0 atom stereocenters. The standard InChI is InChI=1S/C17H21N3O5/c1-11-5-4-6-12(9-11)18-13(21)10-25-14(22)7-8-20-15(23)17(2,3)19-16(20)24/h4-6,9H,7-8,10H2,1-3H3,(H,18,21)(H,19,24). The first-order chi connectivity index (χ1) is 11.7. The number of aryl methyl sites for hydroxylation is 1. The van der Waals surface area contributed by atoms with Crippen LogP contribution in [-0.4, -0.2) is 47.4 Å². The van der Waals surface area contributed by atoms with Crippen LogP contribution in [0.4, 0.5) is 10.5 Å². The van der Waals surface area contributed by atoms with Crippen LogP contribution in [-0.2, 0) is 19.1 Å². The van der Waals surface area contributed by atoms with Crippen LogP contribution < -0.4 is 10.6 Å². The number of rotatable bonds is 6. The lowest BCUT2D eigenvalue weighted by Gasteiger charge is -2.15. The van der Waals surface area contributed by atoms with E-state index in [9.17, 15) is 19.2 Å². The SMILES string of the molecule is Cc1cccc(NC(=O)COC(=O)CCN2C(=O)NC(C)(C)C2=O)c1. The number of imide groups is 1. The number of anilines is 1. The Bertz CT molecular complexity index is 714. The third kappa shape index (κ3) is 4.79. The molecular weight excluding hydrogens is 326 g/mol. The molecule has 1 aromatic rings. The maximum absolute atomic E-state index is 12.0. The number of carbonyl (C=O) groups excluding carboxylic acids is 4. The lowest BCUT2D eigenvalue weighted by atomic mass is 10.1. The fourth-order valence-corrected chi connectivity index (χ4v) is 2.36. The van der Waals surface area contributed by atoms with E-state index in [4.69, 9.17) is 4.74 Å². The first kappa shape index (κ1) is 18.4. The van der Waals surface area contributed by atoms with Crippen molar-refractivity contribution in [3.05, 3.63) is 29.8 Å². The fourth-order valence-electron chi connectivity index (χ4n) is 2.36. The van der Waals surface area contributed by atoms with E-state index < -0.39 is 36.0 Å². The van der Waals surface area contributed by atoms with Gasteiger partial charge in [0.05, 0.1) is 6.42 Å². The number of ether oxygens (including phenoxy) is 1. The number of benzene rings is 1. The second-order valence-electron chi connectivity index (χ2n) is 6.34. The molecule has 0 bridgehead atoms. The molecule has 0 radical (unpaired) electrons. The Morgan fingerprint density at radius 2 is 2.00 bits per heavy atom. The Morgan fingerprint density at radius 3 is 2.60 bits per heavy atom. The van der Waals surface area contributed by atoms with E-state index in [-0.39, 0.29) is 13.0 Å². The van der Waals surface area contributed by atoms with Gasteiger partial charge in [0.25, 0.3) is 11.8 Å². The molecule has 0 unspecified atom stereocenters. The van der Waals surface area contributed by atoms with Gasteiger partial charge in [-0.25, -0.2) is 4.79 Å². The molecule has 0 aliphatic carbocycles. The molecule has 134 valence electrons. The van der Waals surface area contributed by atoms with Crippen molar-refractivity contribution in [3.63, 3.8) is 0 Å². The van der Waals surface area contributed by atoms with Gasteiger partial charge in [-0.15, -0.1) is 0 Å². The summed E-state index contributed by atoms with van der Waals surface area (Å²) in [6.45, 7) is 4.54. The molecule has 1 aromatic carbocycles. The zero-order valence-electron chi connectivity index (χ0n) is 14.4.